The number of likely N-dealkylation sites (tertiary alicyclic amines) is 1. The lowest BCUT2D eigenvalue weighted by molar-refractivity contribution is 0.0629. The molecule has 1 unspecified atom stereocenters. The molecule has 0 aromatic carbocycles. The maximum Gasteiger partial charge on any atom is 0.291 e. The van der Waals surface area contributed by atoms with Gasteiger partial charge in [-0.15, -0.1) is 0 Å². The Kier molecular flexibility index (Phi) is 3.78. The monoisotopic (exact) mass is 277 g/mol. The second-order valence-electron chi connectivity index (χ2n) is 6.03. The largest absolute Gasteiger partial charge is 0.436 e. The summed E-state index contributed by atoms with van der Waals surface area (Å²) in [6, 6.07) is 0. The van der Waals surface area contributed by atoms with Crippen molar-refractivity contribution >= 4 is 5.91 Å². The van der Waals surface area contributed by atoms with Crippen molar-refractivity contribution in [2.24, 2.45) is 11.8 Å². The van der Waals surface area contributed by atoms with Gasteiger partial charge in [-0.3, -0.25) is 4.79 Å². The molecule has 2 fully saturated rings. The second kappa shape index (κ2) is 5.56. The van der Waals surface area contributed by atoms with E-state index in [1.54, 1.807) is 6.92 Å². The highest BCUT2D eigenvalue weighted by Crippen LogP contribution is 2.29. The van der Waals surface area contributed by atoms with E-state index in [1.165, 1.54) is 6.42 Å². The third-order valence-electron chi connectivity index (χ3n) is 4.69. The lowest BCUT2D eigenvalue weighted by Crippen LogP contribution is -2.40. The number of nitrogens with one attached hydrogen (secondary N) is 1. The highest BCUT2D eigenvalue weighted by molar-refractivity contribution is 5.92. The smallest absolute Gasteiger partial charge is 0.291 e. The molecule has 1 aromatic heterocycles. The summed E-state index contributed by atoms with van der Waals surface area (Å²) in [6.07, 6.45) is 3.52. The number of carbonyl (C=O) groups excluding carboxylic acids is 1. The Bertz CT molecular complexity index is 483. The van der Waals surface area contributed by atoms with Gasteiger partial charge in [-0.25, -0.2) is 4.98 Å². The number of piperidine rings is 1. The van der Waals surface area contributed by atoms with Crippen molar-refractivity contribution in [2.45, 2.75) is 33.1 Å². The van der Waals surface area contributed by atoms with Crippen LogP contribution in [0.4, 0.5) is 0 Å². The van der Waals surface area contributed by atoms with Crippen LogP contribution in [0.1, 0.15) is 41.4 Å². The van der Waals surface area contributed by atoms with E-state index in [9.17, 15) is 4.79 Å². The highest BCUT2D eigenvalue weighted by Gasteiger charge is 2.31. The van der Waals surface area contributed by atoms with Crippen LogP contribution in [-0.2, 0) is 0 Å². The Labute approximate surface area is 119 Å². The number of aryl methyl sites for hydroxylation is 2. The van der Waals surface area contributed by atoms with Gasteiger partial charge in [0.1, 0.15) is 0 Å². The lowest BCUT2D eigenvalue weighted by atomic mass is 9.84. The summed E-state index contributed by atoms with van der Waals surface area (Å²) in [4.78, 5) is 18.5. The molecule has 0 spiro atoms. The molecule has 20 heavy (non-hydrogen) atoms. The fourth-order valence-electron chi connectivity index (χ4n) is 3.53. The van der Waals surface area contributed by atoms with Crippen molar-refractivity contribution < 1.29 is 9.21 Å². The third-order valence-corrected chi connectivity index (χ3v) is 4.69. The Hall–Kier alpha value is -1.36. The summed E-state index contributed by atoms with van der Waals surface area (Å²) in [6.45, 7) is 7.61. The number of amides is 1. The van der Waals surface area contributed by atoms with Crippen molar-refractivity contribution in [1.29, 1.82) is 0 Å². The molecule has 1 amide bonds. The summed E-state index contributed by atoms with van der Waals surface area (Å²) in [5.74, 6) is 2.57. The first-order valence-electron chi connectivity index (χ1n) is 7.59. The standard InChI is InChI=1S/C15H23N3O2/c1-10-14(20-11(2)17-10)15(19)18-7-4-12(5-8-18)13-3-6-16-9-13/h12-13,16H,3-9H2,1-2H3. The van der Waals surface area contributed by atoms with E-state index in [4.69, 9.17) is 4.42 Å². The Morgan fingerprint density at radius 2 is 2.00 bits per heavy atom. The average molecular weight is 277 g/mol. The van der Waals surface area contributed by atoms with Crippen LogP contribution in [-0.4, -0.2) is 42.0 Å². The van der Waals surface area contributed by atoms with E-state index in [-0.39, 0.29) is 5.91 Å². The molecule has 110 valence electrons. The van der Waals surface area contributed by atoms with Gasteiger partial charge in [0.05, 0.1) is 5.69 Å². The topological polar surface area (TPSA) is 58.4 Å². The van der Waals surface area contributed by atoms with Gasteiger partial charge in [0, 0.05) is 20.0 Å². The highest BCUT2D eigenvalue weighted by atomic mass is 16.4. The van der Waals surface area contributed by atoms with Crippen LogP contribution in [0.3, 0.4) is 0 Å². The molecule has 0 saturated carbocycles. The molecule has 0 bridgehead atoms. The number of rotatable bonds is 2. The minimum absolute atomic E-state index is 0.00565. The molecule has 0 radical (unpaired) electrons. The molecule has 5 nitrogen and oxygen atoms in total. The zero-order chi connectivity index (χ0) is 14.1. The number of oxazole rings is 1. The van der Waals surface area contributed by atoms with Crippen LogP contribution in [0, 0.1) is 25.7 Å². The van der Waals surface area contributed by atoms with Crippen LogP contribution in [0.2, 0.25) is 0 Å². The molecule has 3 heterocycles. The summed E-state index contributed by atoms with van der Waals surface area (Å²) >= 11 is 0. The summed E-state index contributed by atoms with van der Waals surface area (Å²) in [5.41, 5.74) is 0.703. The van der Waals surface area contributed by atoms with E-state index in [2.05, 4.69) is 10.3 Å². The summed E-state index contributed by atoms with van der Waals surface area (Å²) in [5, 5.41) is 3.44. The normalized spacial score (nSPS) is 24.3. The SMILES string of the molecule is Cc1nc(C)c(C(=O)N2CCC(C3CCNC3)CC2)o1. The Morgan fingerprint density at radius 3 is 2.55 bits per heavy atom. The molecule has 2 aliphatic rings. The zero-order valence-corrected chi connectivity index (χ0v) is 12.3. The van der Waals surface area contributed by atoms with Crippen LogP contribution in [0.5, 0.6) is 0 Å². The lowest BCUT2D eigenvalue weighted by Gasteiger charge is -2.34. The van der Waals surface area contributed by atoms with Crippen molar-refractivity contribution in [3.05, 3.63) is 17.3 Å². The molecule has 1 N–H and O–H groups in total. The second-order valence-corrected chi connectivity index (χ2v) is 6.03. The minimum Gasteiger partial charge on any atom is -0.436 e. The van der Waals surface area contributed by atoms with Gasteiger partial charge in [-0.1, -0.05) is 0 Å². The molecule has 0 aliphatic carbocycles. The van der Waals surface area contributed by atoms with Gasteiger partial charge in [0.15, 0.2) is 5.89 Å². The minimum atomic E-state index is 0.00565. The van der Waals surface area contributed by atoms with Gasteiger partial charge < -0.3 is 14.6 Å². The van der Waals surface area contributed by atoms with Crippen LogP contribution >= 0.6 is 0 Å². The fraction of sp³-hybridized carbons (Fsp3) is 0.733. The van der Waals surface area contributed by atoms with E-state index in [0.717, 1.165) is 50.9 Å². The van der Waals surface area contributed by atoms with E-state index in [1.807, 2.05) is 11.8 Å². The van der Waals surface area contributed by atoms with Gasteiger partial charge in [0.25, 0.3) is 5.91 Å². The van der Waals surface area contributed by atoms with Gasteiger partial charge in [-0.2, -0.15) is 0 Å². The molecule has 3 rings (SSSR count). The zero-order valence-electron chi connectivity index (χ0n) is 12.3. The van der Waals surface area contributed by atoms with Crippen molar-refractivity contribution in [1.82, 2.24) is 15.2 Å². The molecule has 5 heteroatoms. The predicted molar refractivity (Wildman–Crippen MR) is 75.6 cm³/mol. The van der Waals surface area contributed by atoms with Crippen molar-refractivity contribution in [3.63, 3.8) is 0 Å². The van der Waals surface area contributed by atoms with Crippen molar-refractivity contribution in [2.75, 3.05) is 26.2 Å². The maximum atomic E-state index is 12.4. The fourth-order valence-corrected chi connectivity index (χ4v) is 3.53. The molecule has 1 atom stereocenters. The quantitative estimate of drug-likeness (QED) is 0.895. The Balaban J connectivity index is 1.60. The summed E-state index contributed by atoms with van der Waals surface area (Å²) in [7, 11) is 0. The van der Waals surface area contributed by atoms with Crippen molar-refractivity contribution in [3.8, 4) is 0 Å². The number of hydrogen-bond acceptors (Lipinski definition) is 4. The van der Waals surface area contributed by atoms with Gasteiger partial charge in [-0.05, 0) is 51.1 Å². The predicted octanol–water partition coefficient (Wildman–Crippen LogP) is 1.75. The number of carbonyl (C=O) groups is 1. The van der Waals surface area contributed by atoms with E-state index in [0.29, 0.717) is 17.3 Å². The van der Waals surface area contributed by atoms with Crippen LogP contribution in [0.25, 0.3) is 0 Å². The first-order chi connectivity index (χ1) is 9.65. The van der Waals surface area contributed by atoms with Gasteiger partial charge in [0.2, 0.25) is 5.76 Å². The maximum absolute atomic E-state index is 12.4. The number of aromatic nitrogens is 1. The molecule has 2 aliphatic heterocycles. The molecule has 1 aromatic rings. The first-order valence-corrected chi connectivity index (χ1v) is 7.59. The molecular formula is C15H23N3O2. The first kappa shape index (κ1) is 13.6. The average Bonchev–Trinajstić information content (AvgIpc) is 3.08. The van der Waals surface area contributed by atoms with Crippen LogP contribution < -0.4 is 5.32 Å². The van der Waals surface area contributed by atoms with E-state index < -0.39 is 0 Å². The molecular weight excluding hydrogens is 254 g/mol. The third kappa shape index (κ3) is 2.59. The Morgan fingerprint density at radius 1 is 1.25 bits per heavy atom. The van der Waals surface area contributed by atoms with Gasteiger partial charge >= 0.3 is 0 Å². The van der Waals surface area contributed by atoms with E-state index >= 15 is 0 Å². The number of nitrogens with zero attached hydrogens (tertiary/aromatic N) is 2. The molecule has 2 saturated heterocycles. The summed E-state index contributed by atoms with van der Waals surface area (Å²) < 4.78 is 5.44. The van der Waals surface area contributed by atoms with Crippen LogP contribution in [0.15, 0.2) is 4.42 Å². The number of hydrogen-bond donors (Lipinski definition) is 1.